The Morgan fingerprint density at radius 2 is 0.580 bits per heavy atom. The summed E-state index contributed by atoms with van der Waals surface area (Å²) in [5, 5.41) is 21.7. The minimum atomic E-state index is 0.615. The van der Waals surface area contributed by atoms with Gasteiger partial charge in [0.05, 0.1) is 33.5 Å². The molecule has 5 heteroatoms. The maximum Gasteiger partial charge on any atom is 0.235 e. The summed E-state index contributed by atoms with van der Waals surface area (Å²) in [5.74, 6) is 0.615. The van der Waals surface area contributed by atoms with E-state index < -0.39 is 0 Å². The van der Waals surface area contributed by atoms with E-state index in [4.69, 9.17) is 14.4 Å². The molecule has 0 saturated heterocycles. The maximum absolute atomic E-state index is 6.25. The van der Waals surface area contributed by atoms with Gasteiger partial charge in [-0.05, 0) is 155 Å². The molecule has 0 aliphatic rings. The van der Waals surface area contributed by atoms with Gasteiger partial charge in [0.15, 0.2) is 0 Å². The Bertz CT molecular complexity index is 5490. The van der Waals surface area contributed by atoms with Gasteiger partial charge in [0.1, 0.15) is 11.2 Å². The largest absolute Gasteiger partial charge is 0.456 e. The molecule has 4 heterocycles. The van der Waals surface area contributed by atoms with E-state index in [0.717, 1.165) is 94.1 Å². The van der Waals surface area contributed by atoms with Gasteiger partial charge in [0, 0.05) is 49.1 Å². The first kappa shape index (κ1) is 44.1. The number of furan rings is 1. The first-order valence-electron chi connectivity index (χ1n) is 27.7. The van der Waals surface area contributed by atoms with Crippen LogP contribution < -0.4 is 0 Å². The van der Waals surface area contributed by atoms with Gasteiger partial charge in [-0.1, -0.05) is 188 Å². The van der Waals surface area contributed by atoms with E-state index >= 15 is 0 Å². The number of para-hydroxylation sites is 3. The fourth-order valence-electron chi connectivity index (χ4n) is 13.6. The van der Waals surface area contributed by atoms with E-state index in [9.17, 15) is 0 Å². The van der Waals surface area contributed by atoms with Gasteiger partial charge >= 0.3 is 0 Å². The van der Waals surface area contributed by atoms with Crippen LogP contribution in [0.5, 0.6) is 0 Å². The zero-order chi connectivity index (χ0) is 52.9. The van der Waals surface area contributed by atoms with Crippen LogP contribution in [0.1, 0.15) is 0 Å². The van der Waals surface area contributed by atoms with Crippen LogP contribution in [0.15, 0.2) is 271 Å². The zero-order valence-electron chi connectivity index (χ0n) is 43.6. The van der Waals surface area contributed by atoms with Gasteiger partial charge in [-0.15, -0.1) is 0 Å². The van der Waals surface area contributed by atoms with Crippen molar-refractivity contribution in [1.29, 1.82) is 0 Å². The van der Waals surface area contributed by atoms with E-state index in [0.29, 0.717) is 5.95 Å². The fraction of sp³-hybridized carbons (Fsp3) is 0. The minimum absolute atomic E-state index is 0.615. The zero-order valence-corrected chi connectivity index (χ0v) is 43.6. The number of aromatic nitrogens is 4. The molecule has 0 radical (unpaired) electrons. The molecule has 0 N–H and O–H groups in total. The van der Waals surface area contributed by atoms with Crippen molar-refractivity contribution >= 4 is 130 Å². The van der Waals surface area contributed by atoms with Crippen molar-refractivity contribution in [3.8, 4) is 45.3 Å². The second-order valence-electron chi connectivity index (χ2n) is 21.6. The summed E-state index contributed by atoms with van der Waals surface area (Å²) in [4.78, 5) is 11.2. The summed E-state index contributed by atoms with van der Waals surface area (Å²) in [7, 11) is 0. The molecule has 4 aromatic heterocycles. The molecule has 0 amide bonds. The van der Waals surface area contributed by atoms with Gasteiger partial charge in [0.2, 0.25) is 5.95 Å². The number of fused-ring (bicyclic) bond motifs is 21. The molecule has 0 bridgehead atoms. The smallest absolute Gasteiger partial charge is 0.235 e. The molecule has 18 aromatic rings. The van der Waals surface area contributed by atoms with Crippen LogP contribution in [-0.2, 0) is 0 Å². The number of rotatable bonds is 5. The number of benzene rings is 14. The molecule has 0 saturated carbocycles. The molecule has 0 aliphatic carbocycles. The van der Waals surface area contributed by atoms with Crippen LogP contribution in [-0.4, -0.2) is 19.1 Å². The Labute approximate surface area is 463 Å². The Balaban J connectivity index is 0.834. The van der Waals surface area contributed by atoms with E-state index in [2.05, 4.69) is 264 Å². The SMILES string of the molecule is c1ccc2c(c1)oc1ccc(-n3c4ccccc4c4cc(-c5ccc6c(c5)c5ccccc5n6-c5nc(-c6ccc7c8ccccc8c8ccccc8c7c6)cc(-c6ccc7c8ccccc8c8ccccc8c7c6)n5)ccc43)cc12. The lowest BCUT2D eigenvalue weighted by Crippen LogP contribution is -2.04. The molecule has 5 nitrogen and oxygen atoms in total. The predicted molar refractivity (Wildman–Crippen MR) is 339 cm³/mol. The summed E-state index contributed by atoms with van der Waals surface area (Å²) < 4.78 is 10.9. The van der Waals surface area contributed by atoms with E-state index in [1.165, 1.54) is 75.4 Å². The predicted octanol–water partition coefficient (Wildman–Crippen LogP) is 20.5. The van der Waals surface area contributed by atoms with Crippen molar-refractivity contribution in [2.75, 3.05) is 0 Å². The van der Waals surface area contributed by atoms with E-state index in [-0.39, 0.29) is 0 Å². The van der Waals surface area contributed by atoms with Gasteiger partial charge < -0.3 is 8.98 Å². The summed E-state index contributed by atoms with van der Waals surface area (Å²) in [5.41, 5.74) is 13.3. The number of hydrogen-bond donors (Lipinski definition) is 0. The van der Waals surface area contributed by atoms with Crippen molar-refractivity contribution in [3.63, 3.8) is 0 Å². The Morgan fingerprint density at radius 1 is 0.222 bits per heavy atom. The van der Waals surface area contributed by atoms with Gasteiger partial charge in [0.25, 0.3) is 0 Å². The highest BCUT2D eigenvalue weighted by Crippen LogP contribution is 2.43. The molecular formula is C76H44N4O. The number of nitrogens with zero attached hydrogens (tertiary/aromatic N) is 4. The van der Waals surface area contributed by atoms with Crippen molar-refractivity contribution in [2.24, 2.45) is 0 Å². The van der Waals surface area contributed by atoms with E-state index in [1.54, 1.807) is 0 Å². The van der Waals surface area contributed by atoms with Crippen LogP contribution >= 0.6 is 0 Å². The summed E-state index contributed by atoms with van der Waals surface area (Å²) in [6, 6.07) is 97.1. The molecule has 0 atom stereocenters. The van der Waals surface area contributed by atoms with Gasteiger partial charge in [-0.25, -0.2) is 9.97 Å². The lowest BCUT2D eigenvalue weighted by Gasteiger charge is -2.15. The number of hydrogen-bond acceptors (Lipinski definition) is 3. The first-order valence-corrected chi connectivity index (χ1v) is 27.7. The van der Waals surface area contributed by atoms with Gasteiger partial charge in [-0.3, -0.25) is 4.57 Å². The van der Waals surface area contributed by atoms with Crippen LogP contribution in [0.2, 0.25) is 0 Å². The Hall–Kier alpha value is -10.9. The summed E-state index contributed by atoms with van der Waals surface area (Å²) >= 11 is 0. The standard InChI is InChI=1S/C76H44N4O/c1-3-19-54-50(15-1)52-17-5-7-21-56(52)63-41-47(29-34-58(54)63)68-44-69(48-30-35-59-55-20-4-2-16-51(55)53-18-6-8-22-57(53)64(59)42-48)78-76(77-68)80-71-27-13-10-24-61(71)66-40-46(32-37-73(66)80)45-31-36-72-65(39-45)60-23-9-12-26-70(60)79(72)49-33-38-75-67(43-49)62-25-11-14-28-74(62)81-75/h1-44H. The lowest BCUT2D eigenvalue weighted by atomic mass is 9.92. The highest BCUT2D eigenvalue weighted by atomic mass is 16.3. The topological polar surface area (TPSA) is 48.8 Å². The van der Waals surface area contributed by atoms with E-state index in [1.807, 2.05) is 12.1 Å². The normalized spacial score (nSPS) is 12.2. The average Bonchev–Trinajstić information content (AvgIpc) is 4.28. The molecular weight excluding hydrogens is 985 g/mol. The molecule has 18 rings (SSSR count). The molecule has 0 unspecified atom stereocenters. The van der Waals surface area contributed by atoms with Crippen molar-refractivity contribution < 1.29 is 4.42 Å². The molecule has 14 aromatic carbocycles. The fourth-order valence-corrected chi connectivity index (χ4v) is 13.6. The average molecular weight is 1030 g/mol. The van der Waals surface area contributed by atoms with Crippen LogP contribution in [0.25, 0.3) is 175 Å². The lowest BCUT2D eigenvalue weighted by molar-refractivity contribution is 0.669. The molecule has 81 heavy (non-hydrogen) atoms. The van der Waals surface area contributed by atoms with Crippen molar-refractivity contribution in [2.45, 2.75) is 0 Å². The van der Waals surface area contributed by atoms with Crippen LogP contribution in [0, 0.1) is 0 Å². The quantitative estimate of drug-likeness (QED) is 0.161. The Morgan fingerprint density at radius 3 is 1.09 bits per heavy atom. The Kier molecular flexibility index (Phi) is 9.16. The second kappa shape index (κ2) is 16.8. The minimum Gasteiger partial charge on any atom is -0.456 e. The molecule has 0 spiro atoms. The third-order valence-corrected chi connectivity index (χ3v) is 17.3. The van der Waals surface area contributed by atoms with Crippen LogP contribution in [0.4, 0.5) is 0 Å². The van der Waals surface area contributed by atoms with Crippen molar-refractivity contribution in [3.05, 3.63) is 267 Å². The van der Waals surface area contributed by atoms with Crippen LogP contribution in [0.3, 0.4) is 0 Å². The maximum atomic E-state index is 6.25. The summed E-state index contributed by atoms with van der Waals surface area (Å²) in [6.45, 7) is 0. The molecule has 0 aliphatic heterocycles. The third-order valence-electron chi connectivity index (χ3n) is 17.3. The second-order valence-corrected chi connectivity index (χ2v) is 21.6. The monoisotopic (exact) mass is 1030 g/mol. The molecule has 0 fully saturated rings. The van der Waals surface area contributed by atoms with Crippen molar-refractivity contribution in [1.82, 2.24) is 19.1 Å². The third kappa shape index (κ3) is 6.49. The highest BCUT2D eigenvalue weighted by Gasteiger charge is 2.21. The highest BCUT2D eigenvalue weighted by molar-refractivity contribution is 6.27. The molecule has 374 valence electrons. The first-order chi connectivity index (χ1) is 40.1. The summed E-state index contributed by atoms with van der Waals surface area (Å²) in [6.07, 6.45) is 0. The van der Waals surface area contributed by atoms with Gasteiger partial charge in [-0.2, -0.15) is 0 Å².